The average Bonchev–Trinajstić information content (AvgIpc) is 3.12. The first-order valence-electron chi connectivity index (χ1n) is 10.1. The number of carbonyl (C=O) groups excluding carboxylic acids is 1. The Balaban J connectivity index is 1.59. The molecular weight excluding hydrogens is 424 g/mol. The Kier molecular flexibility index (Phi) is 8.37. The zero-order valence-electron chi connectivity index (χ0n) is 18.2. The van der Waals surface area contributed by atoms with Gasteiger partial charge in [-0.25, -0.2) is 0 Å². The quantitative estimate of drug-likeness (QED) is 0.323. The van der Waals surface area contributed by atoms with Crippen molar-refractivity contribution in [2.75, 3.05) is 11.1 Å². The second-order valence-electron chi connectivity index (χ2n) is 7.39. The molecular formula is C24H28N4OS2. The zero-order valence-corrected chi connectivity index (χ0v) is 19.9. The molecule has 31 heavy (non-hydrogen) atoms. The lowest BCUT2D eigenvalue weighted by atomic mass is 10.1. The Bertz CT molecular complexity index is 1020. The Labute approximate surface area is 192 Å². The molecule has 0 fully saturated rings. The number of hydrogen-bond donors (Lipinski definition) is 1. The van der Waals surface area contributed by atoms with Gasteiger partial charge in [-0.2, -0.15) is 0 Å². The number of anilines is 1. The molecule has 0 spiro atoms. The Morgan fingerprint density at radius 3 is 2.48 bits per heavy atom. The number of amides is 1. The molecule has 0 saturated carbocycles. The summed E-state index contributed by atoms with van der Waals surface area (Å²) in [7, 11) is 0. The molecule has 0 aliphatic heterocycles. The van der Waals surface area contributed by atoms with Crippen LogP contribution in [0, 0.1) is 20.8 Å². The fourth-order valence-electron chi connectivity index (χ4n) is 3.36. The van der Waals surface area contributed by atoms with E-state index in [1.807, 2.05) is 30.6 Å². The van der Waals surface area contributed by atoms with Crippen molar-refractivity contribution >= 4 is 35.1 Å². The van der Waals surface area contributed by atoms with E-state index in [9.17, 15) is 4.79 Å². The lowest BCUT2D eigenvalue weighted by Gasteiger charge is -2.13. The molecule has 1 N–H and O–H groups in total. The highest BCUT2D eigenvalue weighted by molar-refractivity contribution is 7.99. The first kappa shape index (κ1) is 23.2. The van der Waals surface area contributed by atoms with Gasteiger partial charge in [-0.05, 0) is 37.5 Å². The summed E-state index contributed by atoms with van der Waals surface area (Å²) < 4.78 is 2.03. The van der Waals surface area contributed by atoms with Crippen LogP contribution in [0.25, 0.3) is 0 Å². The molecule has 2 aromatic carbocycles. The third kappa shape index (κ3) is 6.48. The molecule has 1 amide bonds. The lowest BCUT2D eigenvalue weighted by molar-refractivity contribution is -0.113. The third-order valence-corrected chi connectivity index (χ3v) is 6.69. The van der Waals surface area contributed by atoms with Gasteiger partial charge >= 0.3 is 0 Å². The Morgan fingerprint density at radius 2 is 1.81 bits per heavy atom. The molecule has 0 bridgehead atoms. The molecule has 0 radical (unpaired) electrons. The van der Waals surface area contributed by atoms with Gasteiger partial charge in [0.1, 0.15) is 5.82 Å². The van der Waals surface area contributed by atoms with Gasteiger partial charge in [0.05, 0.1) is 11.5 Å². The van der Waals surface area contributed by atoms with Crippen LogP contribution in [-0.4, -0.2) is 26.4 Å². The van der Waals surface area contributed by atoms with Crippen molar-refractivity contribution in [3.63, 3.8) is 0 Å². The summed E-state index contributed by atoms with van der Waals surface area (Å²) in [6.45, 7) is 10.6. The zero-order chi connectivity index (χ0) is 22.2. The summed E-state index contributed by atoms with van der Waals surface area (Å²) in [5, 5.41) is 12.5. The van der Waals surface area contributed by atoms with Gasteiger partial charge in [-0.1, -0.05) is 65.9 Å². The number of allylic oxidation sites excluding steroid dienone is 1. The van der Waals surface area contributed by atoms with Crippen LogP contribution in [0.1, 0.15) is 28.1 Å². The lowest BCUT2D eigenvalue weighted by Crippen LogP contribution is -2.16. The normalized spacial score (nSPS) is 10.8. The summed E-state index contributed by atoms with van der Waals surface area (Å²) in [6.07, 6.45) is 1.83. The molecule has 3 aromatic rings. The standard InChI is InChI=1S/C24H28N4OS2/c1-5-11-28-21(15-30-14-20-9-7-6-8-10-20)26-27-24(28)31-16-22(29)25-23-18(3)12-17(2)13-19(23)4/h5-10,12-13H,1,11,14-16H2,2-4H3,(H,25,29). The number of benzene rings is 2. The predicted molar refractivity (Wildman–Crippen MR) is 132 cm³/mol. The monoisotopic (exact) mass is 452 g/mol. The molecule has 0 aliphatic rings. The van der Waals surface area contributed by atoms with E-state index in [0.717, 1.165) is 39.3 Å². The molecule has 0 atom stereocenters. The van der Waals surface area contributed by atoms with Crippen LogP contribution in [0.15, 0.2) is 60.3 Å². The molecule has 0 unspecified atom stereocenters. The Hall–Kier alpha value is -2.51. The SMILES string of the molecule is C=CCn1c(CSCc2ccccc2)nnc1SCC(=O)Nc1c(C)cc(C)cc1C. The molecule has 0 aliphatic carbocycles. The van der Waals surface area contributed by atoms with Gasteiger partial charge in [0.15, 0.2) is 5.16 Å². The van der Waals surface area contributed by atoms with Crippen LogP contribution < -0.4 is 5.32 Å². The number of nitrogens with one attached hydrogen (secondary N) is 1. The van der Waals surface area contributed by atoms with Gasteiger partial charge in [-0.3, -0.25) is 4.79 Å². The minimum atomic E-state index is -0.0480. The number of thioether (sulfide) groups is 2. The highest BCUT2D eigenvalue weighted by Gasteiger charge is 2.15. The Morgan fingerprint density at radius 1 is 1.10 bits per heavy atom. The number of aryl methyl sites for hydroxylation is 3. The minimum Gasteiger partial charge on any atom is -0.325 e. The number of aromatic nitrogens is 3. The summed E-state index contributed by atoms with van der Waals surface area (Å²) >= 11 is 3.20. The largest absolute Gasteiger partial charge is 0.325 e. The van der Waals surface area contributed by atoms with E-state index in [0.29, 0.717) is 6.54 Å². The number of carbonyl (C=O) groups is 1. The van der Waals surface area contributed by atoms with Crippen molar-refractivity contribution in [3.05, 3.63) is 83.2 Å². The maximum absolute atomic E-state index is 12.6. The van der Waals surface area contributed by atoms with E-state index in [2.05, 4.69) is 65.4 Å². The molecule has 3 rings (SSSR count). The van der Waals surface area contributed by atoms with Gasteiger partial charge < -0.3 is 9.88 Å². The molecule has 0 saturated heterocycles. The number of rotatable bonds is 10. The molecule has 1 heterocycles. The molecule has 162 valence electrons. The highest BCUT2D eigenvalue weighted by Crippen LogP contribution is 2.24. The second-order valence-corrected chi connectivity index (χ2v) is 9.32. The van der Waals surface area contributed by atoms with Crippen molar-refractivity contribution in [1.29, 1.82) is 0 Å². The molecule has 1 aromatic heterocycles. The maximum Gasteiger partial charge on any atom is 0.234 e. The van der Waals surface area contributed by atoms with Crippen LogP contribution in [0.5, 0.6) is 0 Å². The van der Waals surface area contributed by atoms with Gasteiger partial charge in [-0.15, -0.1) is 28.5 Å². The van der Waals surface area contributed by atoms with Crippen molar-refractivity contribution < 1.29 is 4.79 Å². The average molecular weight is 453 g/mol. The van der Waals surface area contributed by atoms with Crippen LogP contribution in [-0.2, 0) is 22.8 Å². The first-order chi connectivity index (χ1) is 15.0. The highest BCUT2D eigenvalue weighted by atomic mass is 32.2. The predicted octanol–water partition coefficient (Wildman–Crippen LogP) is 5.55. The van der Waals surface area contributed by atoms with E-state index in [1.54, 1.807) is 11.8 Å². The van der Waals surface area contributed by atoms with Crippen LogP contribution in [0.3, 0.4) is 0 Å². The van der Waals surface area contributed by atoms with E-state index >= 15 is 0 Å². The van der Waals surface area contributed by atoms with Crippen molar-refractivity contribution in [2.45, 2.75) is 44.0 Å². The summed E-state index contributed by atoms with van der Waals surface area (Å²) in [4.78, 5) is 12.6. The van der Waals surface area contributed by atoms with E-state index in [-0.39, 0.29) is 11.7 Å². The van der Waals surface area contributed by atoms with Crippen LogP contribution in [0.4, 0.5) is 5.69 Å². The molecule has 7 heteroatoms. The first-order valence-corrected chi connectivity index (χ1v) is 12.3. The third-order valence-electron chi connectivity index (χ3n) is 4.72. The van der Waals surface area contributed by atoms with Gasteiger partial charge in [0, 0.05) is 18.0 Å². The van der Waals surface area contributed by atoms with Gasteiger partial charge in [0.25, 0.3) is 0 Å². The fraction of sp³-hybridized carbons (Fsp3) is 0.292. The van der Waals surface area contributed by atoms with Crippen molar-refractivity contribution in [3.8, 4) is 0 Å². The number of hydrogen-bond acceptors (Lipinski definition) is 5. The van der Waals surface area contributed by atoms with Crippen molar-refractivity contribution in [1.82, 2.24) is 14.8 Å². The minimum absolute atomic E-state index is 0.0480. The van der Waals surface area contributed by atoms with E-state index in [1.165, 1.54) is 22.9 Å². The summed E-state index contributed by atoms with van der Waals surface area (Å²) in [5.41, 5.74) is 5.52. The summed E-state index contributed by atoms with van der Waals surface area (Å²) in [6, 6.07) is 14.5. The smallest absolute Gasteiger partial charge is 0.234 e. The maximum atomic E-state index is 12.6. The number of nitrogens with zero attached hydrogens (tertiary/aromatic N) is 3. The van der Waals surface area contributed by atoms with Crippen LogP contribution in [0.2, 0.25) is 0 Å². The van der Waals surface area contributed by atoms with E-state index in [4.69, 9.17) is 0 Å². The molecule has 5 nitrogen and oxygen atoms in total. The topological polar surface area (TPSA) is 59.8 Å². The van der Waals surface area contributed by atoms with Crippen LogP contribution >= 0.6 is 23.5 Å². The van der Waals surface area contributed by atoms with Crippen molar-refractivity contribution in [2.24, 2.45) is 0 Å². The summed E-state index contributed by atoms with van der Waals surface area (Å²) in [5.74, 6) is 2.80. The van der Waals surface area contributed by atoms with E-state index < -0.39 is 0 Å². The van der Waals surface area contributed by atoms with Gasteiger partial charge in [0.2, 0.25) is 5.91 Å². The second kappa shape index (κ2) is 11.2. The fourth-order valence-corrected chi connectivity index (χ4v) is 5.06.